The number of hydrogen-bond acceptors (Lipinski definition) is 5. The van der Waals surface area contributed by atoms with Gasteiger partial charge in [-0.05, 0) is 25.0 Å². The minimum absolute atomic E-state index is 0.129. The molecule has 0 aliphatic heterocycles. The molecule has 0 saturated heterocycles. The molecule has 6 heteroatoms. The maximum absolute atomic E-state index is 11.8. The predicted octanol–water partition coefficient (Wildman–Crippen LogP) is 0.886. The average molecular weight is 277 g/mol. The lowest BCUT2D eigenvalue weighted by Gasteiger charge is -2.29. The van der Waals surface area contributed by atoms with E-state index in [9.17, 15) is 4.79 Å². The van der Waals surface area contributed by atoms with E-state index in [1.54, 1.807) is 20.2 Å². The smallest absolute Gasteiger partial charge is 0.273 e. The van der Waals surface area contributed by atoms with Gasteiger partial charge in [-0.3, -0.25) is 4.79 Å². The molecule has 110 valence electrons. The second-order valence-corrected chi connectivity index (χ2v) is 5.40. The van der Waals surface area contributed by atoms with Crippen molar-refractivity contribution in [3.63, 3.8) is 0 Å². The summed E-state index contributed by atoms with van der Waals surface area (Å²) in [5.74, 6) is 0.688. The molecule has 0 spiro atoms. The third-order valence-corrected chi connectivity index (χ3v) is 3.71. The Kier molecular flexibility index (Phi) is 4.89. The molecule has 2 N–H and O–H groups in total. The molecule has 1 saturated carbocycles. The Labute approximate surface area is 120 Å². The zero-order valence-electron chi connectivity index (χ0n) is 12.2. The van der Waals surface area contributed by atoms with Gasteiger partial charge in [0.15, 0.2) is 11.5 Å². The molecule has 1 fully saturated rings. The summed E-state index contributed by atoms with van der Waals surface area (Å²) in [6.07, 6.45) is 4.88. The minimum atomic E-state index is -0.129. The van der Waals surface area contributed by atoms with Crippen LogP contribution in [-0.4, -0.2) is 54.2 Å². The van der Waals surface area contributed by atoms with Crippen LogP contribution in [0.2, 0.25) is 0 Å². The van der Waals surface area contributed by atoms with Crippen LogP contribution in [0.25, 0.3) is 0 Å². The van der Waals surface area contributed by atoms with Crippen LogP contribution in [0.5, 0.6) is 0 Å². The van der Waals surface area contributed by atoms with Gasteiger partial charge in [0.2, 0.25) is 0 Å². The van der Waals surface area contributed by atoms with Crippen LogP contribution in [0.1, 0.15) is 36.2 Å². The van der Waals surface area contributed by atoms with Gasteiger partial charge in [0, 0.05) is 33.2 Å². The maximum Gasteiger partial charge on any atom is 0.273 e. The number of nitrogens with two attached hydrogens (primary N) is 1. The summed E-state index contributed by atoms with van der Waals surface area (Å²) in [4.78, 5) is 15.5. The number of rotatable bonds is 5. The van der Waals surface area contributed by atoms with E-state index in [4.69, 9.17) is 5.73 Å². The molecular formula is C14H23N5O. The van der Waals surface area contributed by atoms with Crippen molar-refractivity contribution in [2.24, 2.45) is 5.73 Å². The van der Waals surface area contributed by atoms with Crippen LogP contribution in [0, 0.1) is 0 Å². The van der Waals surface area contributed by atoms with Crippen molar-refractivity contribution in [1.29, 1.82) is 0 Å². The third-order valence-electron chi connectivity index (χ3n) is 3.71. The van der Waals surface area contributed by atoms with E-state index in [0.717, 1.165) is 12.4 Å². The van der Waals surface area contributed by atoms with Crippen molar-refractivity contribution in [2.45, 2.75) is 31.7 Å². The Bertz CT molecular complexity index is 439. The summed E-state index contributed by atoms with van der Waals surface area (Å²) in [5, 5.41) is 8.27. The first-order valence-corrected chi connectivity index (χ1v) is 7.15. The number of anilines is 1. The Hall–Kier alpha value is -1.69. The minimum Gasteiger partial charge on any atom is -0.351 e. The molecule has 0 bridgehead atoms. The lowest BCUT2D eigenvalue weighted by Crippen LogP contribution is -2.38. The van der Waals surface area contributed by atoms with Crippen molar-refractivity contribution in [3.8, 4) is 0 Å². The number of amides is 1. The first-order chi connectivity index (χ1) is 9.63. The van der Waals surface area contributed by atoms with E-state index in [0.29, 0.717) is 18.3 Å². The van der Waals surface area contributed by atoms with E-state index < -0.39 is 0 Å². The van der Waals surface area contributed by atoms with Gasteiger partial charge >= 0.3 is 0 Å². The largest absolute Gasteiger partial charge is 0.351 e. The number of aromatic nitrogens is 2. The van der Waals surface area contributed by atoms with Gasteiger partial charge < -0.3 is 15.5 Å². The van der Waals surface area contributed by atoms with E-state index in [2.05, 4.69) is 15.1 Å². The van der Waals surface area contributed by atoms with Gasteiger partial charge in [-0.1, -0.05) is 12.8 Å². The third kappa shape index (κ3) is 3.25. The lowest BCUT2D eigenvalue weighted by atomic mass is 10.2. The summed E-state index contributed by atoms with van der Waals surface area (Å²) in [6, 6.07) is 4.11. The second kappa shape index (κ2) is 6.65. The molecule has 2 rings (SSSR count). The Morgan fingerprint density at radius 3 is 2.50 bits per heavy atom. The molecule has 1 aromatic heterocycles. The molecule has 1 heterocycles. The van der Waals surface area contributed by atoms with E-state index in [1.807, 2.05) is 6.07 Å². The Morgan fingerprint density at radius 1 is 1.30 bits per heavy atom. The number of hydrogen-bond donors (Lipinski definition) is 1. The van der Waals surface area contributed by atoms with Crippen molar-refractivity contribution in [2.75, 3.05) is 32.1 Å². The molecule has 0 radical (unpaired) electrons. The van der Waals surface area contributed by atoms with Crippen LogP contribution in [0.4, 0.5) is 5.82 Å². The number of carbonyl (C=O) groups is 1. The summed E-state index contributed by atoms with van der Waals surface area (Å²) >= 11 is 0. The van der Waals surface area contributed by atoms with Gasteiger partial charge in [0.1, 0.15) is 0 Å². The first-order valence-electron chi connectivity index (χ1n) is 7.15. The van der Waals surface area contributed by atoms with Crippen molar-refractivity contribution < 1.29 is 4.79 Å². The highest BCUT2D eigenvalue weighted by atomic mass is 16.2. The van der Waals surface area contributed by atoms with Crippen molar-refractivity contribution >= 4 is 11.7 Å². The van der Waals surface area contributed by atoms with E-state index in [-0.39, 0.29) is 5.91 Å². The average Bonchev–Trinajstić information content (AvgIpc) is 2.98. The standard InChI is InChI=1S/C14H23N5O/c1-18(2)14(20)12-7-8-13(17-16-12)19(10-9-15)11-5-3-4-6-11/h7-8,11H,3-6,9-10,15H2,1-2H3. The fourth-order valence-corrected chi connectivity index (χ4v) is 2.66. The normalized spacial score (nSPS) is 15.3. The summed E-state index contributed by atoms with van der Waals surface area (Å²) in [5.41, 5.74) is 6.07. The molecular weight excluding hydrogens is 254 g/mol. The van der Waals surface area contributed by atoms with Gasteiger partial charge in [-0.15, -0.1) is 10.2 Å². The van der Waals surface area contributed by atoms with E-state index in [1.165, 1.54) is 30.6 Å². The zero-order chi connectivity index (χ0) is 14.5. The van der Waals surface area contributed by atoms with Crippen LogP contribution in [0.3, 0.4) is 0 Å². The molecule has 1 aliphatic carbocycles. The topological polar surface area (TPSA) is 75.4 Å². The van der Waals surface area contributed by atoms with Crippen LogP contribution in [-0.2, 0) is 0 Å². The molecule has 0 atom stereocenters. The van der Waals surface area contributed by atoms with Gasteiger partial charge in [-0.25, -0.2) is 0 Å². The van der Waals surface area contributed by atoms with Gasteiger partial charge in [-0.2, -0.15) is 0 Å². The second-order valence-electron chi connectivity index (χ2n) is 5.40. The highest BCUT2D eigenvalue weighted by Crippen LogP contribution is 2.26. The van der Waals surface area contributed by atoms with Crippen LogP contribution < -0.4 is 10.6 Å². The zero-order valence-corrected chi connectivity index (χ0v) is 12.2. The highest BCUT2D eigenvalue weighted by Gasteiger charge is 2.23. The van der Waals surface area contributed by atoms with Gasteiger partial charge in [0.25, 0.3) is 5.91 Å². The quantitative estimate of drug-likeness (QED) is 0.865. The highest BCUT2D eigenvalue weighted by molar-refractivity contribution is 5.91. The molecule has 0 unspecified atom stereocenters. The molecule has 1 aliphatic rings. The fourth-order valence-electron chi connectivity index (χ4n) is 2.66. The van der Waals surface area contributed by atoms with Crippen molar-refractivity contribution in [1.82, 2.24) is 15.1 Å². The van der Waals surface area contributed by atoms with Crippen LogP contribution >= 0.6 is 0 Å². The molecule has 0 aromatic carbocycles. The number of carbonyl (C=O) groups excluding carboxylic acids is 1. The summed E-state index contributed by atoms with van der Waals surface area (Å²) < 4.78 is 0. The Morgan fingerprint density at radius 2 is 2.00 bits per heavy atom. The molecule has 20 heavy (non-hydrogen) atoms. The summed E-state index contributed by atoms with van der Waals surface area (Å²) in [7, 11) is 3.41. The monoisotopic (exact) mass is 277 g/mol. The summed E-state index contributed by atoms with van der Waals surface area (Å²) in [6.45, 7) is 1.37. The maximum atomic E-state index is 11.8. The van der Waals surface area contributed by atoms with Gasteiger partial charge in [0.05, 0.1) is 0 Å². The number of nitrogens with zero attached hydrogens (tertiary/aromatic N) is 4. The molecule has 1 aromatic rings. The lowest BCUT2D eigenvalue weighted by molar-refractivity contribution is 0.0821. The molecule has 1 amide bonds. The SMILES string of the molecule is CN(C)C(=O)c1ccc(N(CCN)C2CCCC2)nn1. The Balaban J connectivity index is 2.15. The predicted molar refractivity (Wildman–Crippen MR) is 78.7 cm³/mol. The molecule has 6 nitrogen and oxygen atoms in total. The fraction of sp³-hybridized carbons (Fsp3) is 0.643. The first kappa shape index (κ1) is 14.7. The van der Waals surface area contributed by atoms with Crippen LogP contribution in [0.15, 0.2) is 12.1 Å². The van der Waals surface area contributed by atoms with Crippen molar-refractivity contribution in [3.05, 3.63) is 17.8 Å². The van der Waals surface area contributed by atoms with E-state index >= 15 is 0 Å².